The molecule has 23 heteroatoms. The number of aliphatic hydroxyl groups excluding tert-OH is 14. The zero-order valence-electron chi connectivity index (χ0n) is 44.6. The van der Waals surface area contributed by atoms with Gasteiger partial charge in [-0.05, 0) is 104 Å². The molecular weight excluding hydrogens is 1000 g/mol. The van der Waals surface area contributed by atoms with Crippen molar-refractivity contribution in [3.8, 4) is 0 Å². The van der Waals surface area contributed by atoms with E-state index in [2.05, 4.69) is 40.7 Å². The van der Waals surface area contributed by atoms with E-state index in [-0.39, 0.29) is 41.8 Å². The Balaban J connectivity index is 0.907. The summed E-state index contributed by atoms with van der Waals surface area (Å²) in [7, 11) is 0. The zero-order valence-corrected chi connectivity index (χ0v) is 44.6. The van der Waals surface area contributed by atoms with Gasteiger partial charge in [0.15, 0.2) is 18.9 Å². The Bertz CT molecular complexity index is 2100. The highest BCUT2D eigenvalue weighted by atomic mass is 16.8. The van der Waals surface area contributed by atoms with Crippen molar-refractivity contribution in [3.05, 3.63) is 11.6 Å². The minimum Gasteiger partial charge on any atom is -0.432 e. The summed E-state index contributed by atoms with van der Waals surface area (Å²) >= 11 is 0. The second kappa shape index (κ2) is 21.3. The van der Waals surface area contributed by atoms with Gasteiger partial charge in [-0.3, -0.25) is 4.79 Å². The van der Waals surface area contributed by atoms with E-state index in [4.69, 9.17) is 37.9 Å². The average Bonchev–Trinajstić information content (AvgIpc) is 3.37. The molecule has 4 saturated heterocycles. The maximum absolute atomic E-state index is 15.1. The van der Waals surface area contributed by atoms with Gasteiger partial charge in [0.2, 0.25) is 6.29 Å². The molecule has 9 rings (SSSR count). The first-order valence-electron chi connectivity index (χ1n) is 27.3. The maximum atomic E-state index is 15.1. The van der Waals surface area contributed by atoms with Crippen LogP contribution < -0.4 is 0 Å². The molecule has 14 N–H and O–H groups in total. The van der Waals surface area contributed by atoms with Crippen molar-refractivity contribution in [2.75, 3.05) is 26.4 Å². The topological polar surface area (TPSA) is 374 Å². The third-order valence-corrected chi connectivity index (χ3v) is 21.1. The number of carbonyl (C=O) groups is 1. The summed E-state index contributed by atoms with van der Waals surface area (Å²) in [4.78, 5) is 15.1. The highest BCUT2D eigenvalue weighted by molar-refractivity contribution is 5.79. The third kappa shape index (κ3) is 9.46. The number of ether oxygens (including phenoxy) is 8. The van der Waals surface area contributed by atoms with Crippen molar-refractivity contribution < 1.29 is 114 Å². The zero-order chi connectivity index (χ0) is 55.6. The quantitative estimate of drug-likeness (QED) is 0.0581. The number of carbonyl (C=O) groups excluding carboxylic acids is 1. The van der Waals surface area contributed by atoms with Gasteiger partial charge in [-0.1, -0.05) is 53.2 Å². The van der Waals surface area contributed by atoms with Crippen LogP contribution in [0.5, 0.6) is 0 Å². The number of hydrogen-bond donors (Lipinski definition) is 14. The van der Waals surface area contributed by atoms with E-state index in [0.717, 1.165) is 12.0 Å². The molecule has 4 heterocycles. The van der Waals surface area contributed by atoms with Gasteiger partial charge in [0.1, 0.15) is 85.5 Å². The molecule has 0 spiro atoms. The van der Waals surface area contributed by atoms with Crippen LogP contribution in [0, 0.1) is 50.2 Å². The van der Waals surface area contributed by atoms with E-state index >= 15 is 4.79 Å². The molecule has 0 bridgehead atoms. The Morgan fingerprint density at radius 2 is 1.26 bits per heavy atom. The Kier molecular flexibility index (Phi) is 16.5. The minimum absolute atomic E-state index is 0.0176. The minimum atomic E-state index is -1.89. The molecular formula is C53H86O23. The van der Waals surface area contributed by atoms with Crippen LogP contribution in [0.1, 0.15) is 106 Å². The summed E-state index contributed by atoms with van der Waals surface area (Å²) in [6, 6.07) is 0. The lowest BCUT2D eigenvalue weighted by molar-refractivity contribution is -0.361. The van der Waals surface area contributed by atoms with Gasteiger partial charge >= 0.3 is 5.97 Å². The smallest absolute Gasteiger partial charge is 0.315 e. The third-order valence-electron chi connectivity index (χ3n) is 21.1. The summed E-state index contributed by atoms with van der Waals surface area (Å²) < 4.78 is 46.7. The van der Waals surface area contributed by atoms with Crippen LogP contribution in [0.15, 0.2) is 11.6 Å². The molecule has 9 aliphatic rings. The highest BCUT2D eigenvalue weighted by Gasteiger charge is 2.71. The lowest BCUT2D eigenvalue weighted by Gasteiger charge is -2.71. The first-order chi connectivity index (χ1) is 35.5. The Morgan fingerprint density at radius 3 is 1.95 bits per heavy atom. The van der Waals surface area contributed by atoms with Gasteiger partial charge in [-0.25, -0.2) is 0 Å². The summed E-state index contributed by atoms with van der Waals surface area (Å²) in [5, 5.41) is 152. The van der Waals surface area contributed by atoms with Crippen LogP contribution in [0.2, 0.25) is 0 Å². The van der Waals surface area contributed by atoms with E-state index in [1.165, 1.54) is 6.92 Å². The Hall–Kier alpha value is -1.63. The largest absolute Gasteiger partial charge is 0.432 e. The summed E-state index contributed by atoms with van der Waals surface area (Å²) in [5.41, 5.74) is -2.39. The molecule has 0 unspecified atom stereocenters. The summed E-state index contributed by atoms with van der Waals surface area (Å²) in [6.45, 7) is 12.4. The SMILES string of the molecule is C[C@@H]1O[C@@H](O[C@H]2[C@H](O)[C@@H](O)[C@H](OC[C@H]3O[C@@H](OC(=O)[C@]45CCC(C)(C)C[C@H]4C4=CC[C@@H]6[C@@]7(C)C[C@@H](O)[C@H](O[C@@H]8OC[C@H](O)[C@H](O)[C@H]8O)[C@@](C)(CO)[C@@H]7CC[C@@]6(C)[C@]4(C)CC5)[C@H](O)[C@@H](O)[C@@H]3O)O[C@@H]2CO)[C@H](O)[C@H](O)[C@H]1O. The molecule has 0 amide bonds. The van der Waals surface area contributed by atoms with Gasteiger partial charge in [0.05, 0.1) is 50.2 Å². The van der Waals surface area contributed by atoms with Crippen molar-refractivity contribution in [2.45, 2.75) is 235 Å². The van der Waals surface area contributed by atoms with Crippen molar-refractivity contribution in [2.24, 2.45) is 50.2 Å². The molecule has 4 saturated carbocycles. The fourth-order valence-electron chi connectivity index (χ4n) is 16.2. The van der Waals surface area contributed by atoms with Crippen LogP contribution in [0.4, 0.5) is 0 Å². The van der Waals surface area contributed by atoms with Crippen molar-refractivity contribution >= 4 is 5.97 Å². The van der Waals surface area contributed by atoms with Crippen LogP contribution in [-0.4, -0.2) is 233 Å². The molecule has 0 aromatic heterocycles. The van der Waals surface area contributed by atoms with Gasteiger partial charge in [0, 0.05) is 5.41 Å². The molecule has 23 nitrogen and oxygen atoms in total. The van der Waals surface area contributed by atoms with Crippen LogP contribution in [-0.2, 0) is 42.7 Å². The number of aliphatic hydroxyl groups is 14. The van der Waals surface area contributed by atoms with Gasteiger partial charge in [-0.15, -0.1) is 0 Å². The van der Waals surface area contributed by atoms with Crippen molar-refractivity contribution in [3.63, 3.8) is 0 Å². The molecule has 76 heavy (non-hydrogen) atoms. The molecule has 4 aliphatic heterocycles. The Morgan fingerprint density at radius 1 is 0.632 bits per heavy atom. The predicted molar refractivity (Wildman–Crippen MR) is 258 cm³/mol. The second-order valence-corrected chi connectivity index (χ2v) is 25.9. The van der Waals surface area contributed by atoms with E-state index < -0.39 is 170 Å². The number of fused-ring (bicyclic) bond motifs is 7. The van der Waals surface area contributed by atoms with E-state index in [9.17, 15) is 71.5 Å². The monoisotopic (exact) mass is 1090 g/mol. The number of esters is 1. The van der Waals surface area contributed by atoms with E-state index in [1.54, 1.807) is 0 Å². The molecule has 0 aromatic rings. The van der Waals surface area contributed by atoms with Gasteiger partial charge in [-0.2, -0.15) is 0 Å². The molecule has 0 aromatic carbocycles. The Labute approximate surface area is 442 Å². The number of allylic oxidation sites excluding steroid dienone is 2. The standard InChI is InChI=1S/C53H86O23/c1-22-31(58)34(61)38(65)45(71-22)74-41-27(18-54)72-43(40(67)36(41)63)70-20-28-33(60)35(62)39(66)46(73-28)76-47(68)53-14-12-48(2,3)16-24(53)23-8-9-30-49(4)17-25(56)42(75-44-37(64)32(59)26(57)19-69-44)50(5,21-55)29(49)10-11-52(30,7)51(23,6)13-15-53/h8,22,24-46,54-67H,9-21H2,1-7H3/t22-,24-,25+,26-,27+,28+,29+,30+,31-,32-,33+,34+,35-,36+,37+,38+,39+,40+,41+,42-,43+,44-,45-,46-,49-,50-,51+,52+,53-/m0/s1. The van der Waals surface area contributed by atoms with Crippen LogP contribution in [0.25, 0.3) is 0 Å². The van der Waals surface area contributed by atoms with Gasteiger partial charge in [0.25, 0.3) is 0 Å². The lowest BCUT2D eigenvalue weighted by atomic mass is 9.33. The van der Waals surface area contributed by atoms with Crippen molar-refractivity contribution in [1.29, 1.82) is 0 Å². The summed E-state index contributed by atoms with van der Waals surface area (Å²) in [6.07, 6.45) is -25.0. The molecule has 0 radical (unpaired) electrons. The van der Waals surface area contributed by atoms with Crippen molar-refractivity contribution in [1.82, 2.24) is 0 Å². The molecule has 29 atom stereocenters. The van der Waals surface area contributed by atoms with Gasteiger partial charge < -0.3 is 109 Å². The number of hydrogen-bond acceptors (Lipinski definition) is 23. The first-order valence-corrected chi connectivity index (χ1v) is 27.3. The molecule has 8 fully saturated rings. The maximum Gasteiger partial charge on any atom is 0.315 e. The fraction of sp³-hybridized carbons (Fsp3) is 0.943. The van der Waals surface area contributed by atoms with E-state index in [0.29, 0.717) is 51.4 Å². The lowest BCUT2D eigenvalue weighted by Crippen LogP contribution is -2.69. The molecule has 5 aliphatic carbocycles. The normalized spacial score (nSPS) is 55.2. The number of rotatable bonds is 11. The fourth-order valence-corrected chi connectivity index (χ4v) is 16.2. The first kappa shape index (κ1) is 59.0. The van der Waals surface area contributed by atoms with Crippen LogP contribution >= 0.6 is 0 Å². The molecule has 436 valence electrons. The average molecular weight is 1090 g/mol. The summed E-state index contributed by atoms with van der Waals surface area (Å²) in [5.74, 6) is -1.06. The second-order valence-electron chi connectivity index (χ2n) is 25.9. The van der Waals surface area contributed by atoms with E-state index in [1.807, 2.05) is 6.92 Å². The van der Waals surface area contributed by atoms with Crippen LogP contribution in [0.3, 0.4) is 0 Å². The predicted octanol–water partition coefficient (Wildman–Crippen LogP) is -2.43. The highest BCUT2D eigenvalue weighted by Crippen LogP contribution is 2.76.